The van der Waals surface area contributed by atoms with Gasteiger partial charge >= 0.3 is 0 Å². The molecule has 3 aromatic heterocycles. The summed E-state index contributed by atoms with van der Waals surface area (Å²) in [7, 11) is 0. The Morgan fingerprint density at radius 3 is 2.85 bits per heavy atom. The van der Waals surface area contributed by atoms with Crippen molar-refractivity contribution in [1.29, 1.82) is 0 Å². The number of thioether (sulfide) groups is 1. The van der Waals surface area contributed by atoms with Gasteiger partial charge in [0.25, 0.3) is 0 Å². The molecule has 0 radical (unpaired) electrons. The number of hydrogen-bond donors (Lipinski definition) is 2. The van der Waals surface area contributed by atoms with Crippen LogP contribution in [0.1, 0.15) is 12.5 Å². The van der Waals surface area contributed by atoms with Crippen LogP contribution in [-0.2, 0) is 4.79 Å². The molecule has 0 saturated carbocycles. The van der Waals surface area contributed by atoms with E-state index in [0.29, 0.717) is 16.6 Å². The standard InChI is InChI=1S/C18H16N6OS/c1-10-7-8-14(19-9-10)21-17(25)11(2)26-18-22-16-15(23-24-18)12-5-3-4-6-13(12)20-16/h3-9,11H,1-2H3,(H,19,21,25)(H,20,22,24). The molecule has 0 aliphatic carbocycles. The van der Waals surface area contributed by atoms with Gasteiger partial charge < -0.3 is 10.3 Å². The maximum atomic E-state index is 12.4. The smallest absolute Gasteiger partial charge is 0.238 e. The minimum Gasteiger partial charge on any atom is -0.338 e. The van der Waals surface area contributed by atoms with Crippen LogP contribution >= 0.6 is 11.8 Å². The molecule has 1 unspecified atom stereocenters. The quantitative estimate of drug-likeness (QED) is 0.539. The highest BCUT2D eigenvalue weighted by atomic mass is 32.2. The summed E-state index contributed by atoms with van der Waals surface area (Å²) in [4.78, 5) is 24.3. The van der Waals surface area contributed by atoms with Gasteiger partial charge in [-0.1, -0.05) is 36.0 Å². The number of nitrogens with one attached hydrogen (secondary N) is 2. The summed E-state index contributed by atoms with van der Waals surface area (Å²) >= 11 is 1.25. The van der Waals surface area contributed by atoms with E-state index in [1.165, 1.54) is 11.8 Å². The minimum absolute atomic E-state index is 0.160. The van der Waals surface area contributed by atoms with Gasteiger partial charge in [0, 0.05) is 17.1 Å². The topological polar surface area (TPSA) is 96.5 Å². The number of hydrogen-bond acceptors (Lipinski definition) is 6. The Morgan fingerprint density at radius 2 is 2.04 bits per heavy atom. The lowest BCUT2D eigenvalue weighted by Gasteiger charge is -2.10. The lowest BCUT2D eigenvalue weighted by atomic mass is 10.2. The van der Waals surface area contributed by atoms with Crippen LogP contribution in [0.2, 0.25) is 0 Å². The molecule has 1 amide bonds. The van der Waals surface area contributed by atoms with Crippen molar-refractivity contribution in [2.45, 2.75) is 24.3 Å². The molecular weight excluding hydrogens is 348 g/mol. The van der Waals surface area contributed by atoms with Crippen molar-refractivity contribution in [1.82, 2.24) is 25.1 Å². The maximum absolute atomic E-state index is 12.4. The number of fused-ring (bicyclic) bond motifs is 3. The molecule has 4 rings (SSSR count). The minimum atomic E-state index is -0.387. The predicted octanol–water partition coefficient (Wildman–Crippen LogP) is 3.33. The van der Waals surface area contributed by atoms with Crippen molar-refractivity contribution < 1.29 is 4.79 Å². The van der Waals surface area contributed by atoms with Crippen LogP contribution in [0.25, 0.3) is 22.1 Å². The summed E-state index contributed by atoms with van der Waals surface area (Å²) in [6.45, 7) is 3.74. The number of benzene rings is 1. The summed E-state index contributed by atoms with van der Waals surface area (Å²) < 4.78 is 0. The van der Waals surface area contributed by atoms with Crippen LogP contribution < -0.4 is 5.32 Å². The van der Waals surface area contributed by atoms with Gasteiger partial charge in [-0.25, -0.2) is 9.97 Å². The van der Waals surface area contributed by atoms with Crippen LogP contribution in [0.15, 0.2) is 47.8 Å². The average molecular weight is 364 g/mol. The van der Waals surface area contributed by atoms with E-state index >= 15 is 0 Å². The third kappa shape index (κ3) is 3.23. The molecule has 0 fully saturated rings. The molecule has 0 spiro atoms. The van der Waals surface area contributed by atoms with Crippen molar-refractivity contribution in [2.75, 3.05) is 5.32 Å². The lowest BCUT2D eigenvalue weighted by molar-refractivity contribution is -0.115. The molecule has 0 saturated heterocycles. The Hall–Kier alpha value is -3.00. The van der Waals surface area contributed by atoms with Crippen molar-refractivity contribution >= 4 is 45.6 Å². The molecule has 8 heteroatoms. The predicted molar refractivity (Wildman–Crippen MR) is 102 cm³/mol. The Labute approximate surface area is 153 Å². The van der Waals surface area contributed by atoms with E-state index in [-0.39, 0.29) is 11.2 Å². The first-order valence-corrected chi connectivity index (χ1v) is 8.99. The van der Waals surface area contributed by atoms with Gasteiger partial charge in [-0.05, 0) is 31.5 Å². The van der Waals surface area contributed by atoms with Crippen molar-refractivity contribution in [2.24, 2.45) is 0 Å². The Bertz CT molecular complexity index is 1090. The van der Waals surface area contributed by atoms with E-state index in [0.717, 1.165) is 22.0 Å². The van der Waals surface area contributed by atoms with Crippen molar-refractivity contribution in [3.8, 4) is 0 Å². The molecule has 0 bridgehead atoms. The number of pyridine rings is 1. The fourth-order valence-corrected chi connectivity index (χ4v) is 3.25. The summed E-state index contributed by atoms with van der Waals surface area (Å²) in [6, 6.07) is 11.5. The monoisotopic (exact) mass is 364 g/mol. The second kappa shape index (κ2) is 6.72. The zero-order chi connectivity index (χ0) is 18.1. The van der Waals surface area contributed by atoms with Crippen LogP contribution in [-0.4, -0.2) is 36.3 Å². The maximum Gasteiger partial charge on any atom is 0.238 e. The van der Waals surface area contributed by atoms with Gasteiger partial charge in [0.1, 0.15) is 11.3 Å². The summed E-state index contributed by atoms with van der Waals surface area (Å²) in [5.74, 6) is 0.366. The zero-order valence-corrected chi connectivity index (χ0v) is 15.0. The van der Waals surface area contributed by atoms with E-state index in [1.54, 1.807) is 19.2 Å². The number of para-hydroxylation sites is 1. The molecule has 4 aromatic rings. The summed E-state index contributed by atoms with van der Waals surface area (Å²) in [5, 5.41) is 12.3. The fourth-order valence-electron chi connectivity index (χ4n) is 2.54. The molecule has 2 N–H and O–H groups in total. The number of carbonyl (C=O) groups excluding carboxylic acids is 1. The highest BCUT2D eigenvalue weighted by Crippen LogP contribution is 2.25. The molecule has 3 heterocycles. The van der Waals surface area contributed by atoms with Gasteiger partial charge in [-0.15, -0.1) is 10.2 Å². The summed E-state index contributed by atoms with van der Waals surface area (Å²) in [6.07, 6.45) is 1.71. The van der Waals surface area contributed by atoms with E-state index < -0.39 is 0 Å². The normalized spacial score (nSPS) is 12.4. The van der Waals surface area contributed by atoms with Gasteiger partial charge in [-0.3, -0.25) is 4.79 Å². The van der Waals surface area contributed by atoms with E-state index in [2.05, 4.69) is 30.5 Å². The van der Waals surface area contributed by atoms with Crippen molar-refractivity contribution in [3.63, 3.8) is 0 Å². The first-order valence-electron chi connectivity index (χ1n) is 8.11. The number of nitrogens with zero attached hydrogens (tertiary/aromatic N) is 4. The Balaban J connectivity index is 1.51. The number of H-pyrrole nitrogens is 1. The molecule has 1 atom stereocenters. The fraction of sp³-hybridized carbons (Fsp3) is 0.167. The summed E-state index contributed by atoms with van der Waals surface area (Å²) in [5.41, 5.74) is 3.39. The number of aryl methyl sites for hydroxylation is 1. The number of anilines is 1. The van der Waals surface area contributed by atoms with Gasteiger partial charge in [0.15, 0.2) is 5.65 Å². The zero-order valence-electron chi connectivity index (χ0n) is 14.2. The molecule has 130 valence electrons. The van der Waals surface area contributed by atoms with Crippen molar-refractivity contribution in [3.05, 3.63) is 48.2 Å². The average Bonchev–Trinajstić information content (AvgIpc) is 3.01. The first kappa shape index (κ1) is 16.5. The third-order valence-corrected chi connectivity index (χ3v) is 4.87. The van der Waals surface area contributed by atoms with E-state index in [1.807, 2.05) is 37.3 Å². The number of rotatable bonds is 4. The second-order valence-corrected chi connectivity index (χ2v) is 7.24. The van der Waals surface area contributed by atoms with Crippen LogP contribution in [0.3, 0.4) is 0 Å². The van der Waals surface area contributed by atoms with E-state index in [9.17, 15) is 4.79 Å². The lowest BCUT2D eigenvalue weighted by Crippen LogP contribution is -2.23. The highest BCUT2D eigenvalue weighted by molar-refractivity contribution is 8.00. The largest absolute Gasteiger partial charge is 0.338 e. The molecule has 0 aliphatic heterocycles. The van der Waals surface area contributed by atoms with Gasteiger partial charge in [0.05, 0.1) is 5.25 Å². The second-order valence-electron chi connectivity index (χ2n) is 5.93. The number of aromatic amines is 1. The molecule has 26 heavy (non-hydrogen) atoms. The number of amides is 1. The van der Waals surface area contributed by atoms with Crippen LogP contribution in [0.4, 0.5) is 5.82 Å². The highest BCUT2D eigenvalue weighted by Gasteiger charge is 2.18. The molecule has 1 aromatic carbocycles. The Kier molecular flexibility index (Phi) is 4.26. The van der Waals surface area contributed by atoms with Crippen LogP contribution in [0, 0.1) is 6.92 Å². The Morgan fingerprint density at radius 1 is 1.19 bits per heavy atom. The molecule has 7 nitrogen and oxygen atoms in total. The van der Waals surface area contributed by atoms with Crippen LogP contribution in [0.5, 0.6) is 0 Å². The number of carbonyl (C=O) groups is 1. The van der Waals surface area contributed by atoms with Gasteiger partial charge in [-0.2, -0.15) is 0 Å². The number of aromatic nitrogens is 5. The third-order valence-electron chi connectivity index (χ3n) is 3.92. The van der Waals surface area contributed by atoms with E-state index in [4.69, 9.17) is 0 Å². The first-order chi connectivity index (χ1) is 12.6. The molecule has 0 aliphatic rings. The van der Waals surface area contributed by atoms with Gasteiger partial charge in [0.2, 0.25) is 11.1 Å². The molecular formula is C18H16N6OS. The SMILES string of the molecule is Cc1ccc(NC(=O)C(C)Sc2nnc3c(n2)[nH]c2ccccc23)nc1.